The van der Waals surface area contributed by atoms with Gasteiger partial charge in [0.25, 0.3) is 0 Å². The van der Waals surface area contributed by atoms with Crippen molar-refractivity contribution in [1.82, 2.24) is 19.5 Å². The number of benzene rings is 1. The molecule has 2 aromatic rings. The average Bonchev–Trinajstić information content (AvgIpc) is 2.82. The van der Waals surface area contributed by atoms with Gasteiger partial charge in [0, 0.05) is 13.6 Å². The molecule has 1 aromatic heterocycles. The van der Waals surface area contributed by atoms with Crippen LogP contribution in [0.2, 0.25) is 0 Å². The van der Waals surface area contributed by atoms with E-state index in [4.69, 9.17) is 5.73 Å². The van der Waals surface area contributed by atoms with Crippen LogP contribution in [0.3, 0.4) is 0 Å². The molecule has 1 heterocycles. The summed E-state index contributed by atoms with van der Waals surface area (Å²) in [5, 5.41) is 4.01. The van der Waals surface area contributed by atoms with Gasteiger partial charge in [0.2, 0.25) is 10.0 Å². The first-order valence-corrected chi connectivity index (χ1v) is 7.54. The largest absolute Gasteiger partial charge is 0.326 e. The lowest BCUT2D eigenvalue weighted by molar-refractivity contribution is 0.578. The second kappa shape index (κ2) is 5.70. The van der Waals surface area contributed by atoms with Crippen molar-refractivity contribution in [2.24, 2.45) is 12.8 Å². The van der Waals surface area contributed by atoms with Gasteiger partial charge in [-0.15, -0.1) is 0 Å². The molecular weight excluding hydrogens is 278 g/mol. The Bertz CT molecular complexity index is 708. The molecule has 1 aromatic carbocycles. The smallest absolute Gasteiger partial charge is 0.240 e. The van der Waals surface area contributed by atoms with Crippen LogP contribution in [-0.2, 0) is 30.2 Å². The normalized spacial score (nSPS) is 11.8. The molecule has 0 saturated heterocycles. The van der Waals surface area contributed by atoms with E-state index in [0.29, 0.717) is 12.4 Å². The second-order valence-corrected chi connectivity index (χ2v) is 6.22. The Labute approximate surface area is 117 Å². The van der Waals surface area contributed by atoms with Crippen LogP contribution in [0.1, 0.15) is 17.0 Å². The molecule has 108 valence electrons. The zero-order valence-electron chi connectivity index (χ0n) is 11.4. The average molecular weight is 295 g/mol. The third-order valence-corrected chi connectivity index (χ3v) is 4.31. The summed E-state index contributed by atoms with van der Waals surface area (Å²) >= 11 is 0. The molecule has 0 atom stereocenters. The van der Waals surface area contributed by atoms with Crippen molar-refractivity contribution < 1.29 is 8.42 Å². The molecule has 0 unspecified atom stereocenters. The Kier molecular flexibility index (Phi) is 4.17. The predicted molar refractivity (Wildman–Crippen MR) is 74.1 cm³/mol. The van der Waals surface area contributed by atoms with E-state index in [0.717, 1.165) is 11.1 Å². The molecule has 0 fully saturated rings. The van der Waals surface area contributed by atoms with Crippen molar-refractivity contribution in [1.29, 1.82) is 0 Å². The van der Waals surface area contributed by atoms with E-state index in [-0.39, 0.29) is 11.4 Å². The highest BCUT2D eigenvalue weighted by atomic mass is 32.2. The van der Waals surface area contributed by atoms with Gasteiger partial charge in [-0.2, -0.15) is 5.10 Å². The van der Waals surface area contributed by atoms with E-state index in [1.54, 1.807) is 25.2 Å². The minimum atomic E-state index is -3.58. The summed E-state index contributed by atoms with van der Waals surface area (Å²) in [6, 6.07) is 4.88. The minimum Gasteiger partial charge on any atom is -0.326 e. The number of hydrogen-bond donors (Lipinski definition) is 2. The highest BCUT2D eigenvalue weighted by molar-refractivity contribution is 7.89. The highest BCUT2D eigenvalue weighted by Crippen LogP contribution is 2.15. The van der Waals surface area contributed by atoms with Crippen molar-refractivity contribution in [2.45, 2.75) is 24.9 Å². The maximum absolute atomic E-state index is 12.2. The lowest BCUT2D eigenvalue weighted by Crippen LogP contribution is -2.24. The summed E-state index contributed by atoms with van der Waals surface area (Å²) in [6.07, 6.45) is 1.52. The first kappa shape index (κ1) is 14.6. The Balaban J connectivity index is 2.15. The van der Waals surface area contributed by atoms with Crippen LogP contribution < -0.4 is 10.5 Å². The molecule has 3 N–H and O–H groups in total. The number of nitrogens with zero attached hydrogens (tertiary/aromatic N) is 3. The number of nitrogens with one attached hydrogen (secondary N) is 1. The van der Waals surface area contributed by atoms with Crippen LogP contribution in [0.15, 0.2) is 29.4 Å². The third kappa shape index (κ3) is 3.21. The molecule has 0 radical (unpaired) electrons. The first-order chi connectivity index (χ1) is 9.42. The van der Waals surface area contributed by atoms with Crippen molar-refractivity contribution in [3.05, 3.63) is 41.5 Å². The van der Waals surface area contributed by atoms with E-state index >= 15 is 0 Å². The highest BCUT2D eigenvalue weighted by Gasteiger charge is 2.15. The van der Waals surface area contributed by atoms with Gasteiger partial charge in [-0.25, -0.2) is 18.1 Å². The fourth-order valence-electron chi connectivity index (χ4n) is 1.77. The molecular formula is C12H17N5O2S. The number of sulfonamides is 1. The SMILES string of the molecule is Cc1cc(S(=O)(=O)NCc2ncn(C)n2)ccc1CN. The predicted octanol–water partition coefficient (Wildman–Crippen LogP) is 0.0607. The van der Waals surface area contributed by atoms with Crippen LogP contribution in [0.5, 0.6) is 0 Å². The molecule has 0 aliphatic carbocycles. The van der Waals surface area contributed by atoms with Crippen molar-refractivity contribution in [3.8, 4) is 0 Å². The number of aromatic nitrogens is 3. The summed E-state index contributed by atoms with van der Waals surface area (Å²) in [6.45, 7) is 2.28. The monoisotopic (exact) mass is 295 g/mol. The molecule has 2 rings (SSSR count). The molecule has 0 saturated carbocycles. The topological polar surface area (TPSA) is 103 Å². The maximum Gasteiger partial charge on any atom is 0.240 e. The Morgan fingerprint density at radius 1 is 1.40 bits per heavy atom. The van der Waals surface area contributed by atoms with Gasteiger partial charge in [-0.05, 0) is 30.2 Å². The Morgan fingerprint density at radius 2 is 2.15 bits per heavy atom. The zero-order chi connectivity index (χ0) is 14.8. The molecule has 0 bridgehead atoms. The fourth-order valence-corrected chi connectivity index (χ4v) is 2.84. The maximum atomic E-state index is 12.2. The second-order valence-electron chi connectivity index (χ2n) is 4.45. The molecule has 0 spiro atoms. The van der Waals surface area contributed by atoms with Crippen molar-refractivity contribution in [2.75, 3.05) is 0 Å². The molecule has 20 heavy (non-hydrogen) atoms. The van der Waals surface area contributed by atoms with Crippen LogP contribution in [0.25, 0.3) is 0 Å². The van der Waals surface area contributed by atoms with Crippen LogP contribution in [-0.4, -0.2) is 23.2 Å². The van der Waals surface area contributed by atoms with Crippen molar-refractivity contribution >= 4 is 10.0 Å². The molecule has 7 nitrogen and oxygen atoms in total. The quantitative estimate of drug-likeness (QED) is 0.812. The molecule has 0 amide bonds. The fraction of sp³-hybridized carbons (Fsp3) is 0.333. The molecule has 8 heteroatoms. The van der Waals surface area contributed by atoms with E-state index < -0.39 is 10.0 Å². The number of aryl methyl sites for hydroxylation is 2. The zero-order valence-corrected chi connectivity index (χ0v) is 12.2. The molecule has 0 aliphatic heterocycles. The van der Waals surface area contributed by atoms with Crippen LogP contribution in [0.4, 0.5) is 0 Å². The molecule has 0 aliphatic rings. The Morgan fingerprint density at radius 3 is 2.70 bits per heavy atom. The summed E-state index contributed by atoms with van der Waals surface area (Å²) in [5.41, 5.74) is 7.34. The van der Waals surface area contributed by atoms with E-state index in [1.165, 1.54) is 11.0 Å². The number of hydrogen-bond acceptors (Lipinski definition) is 5. The third-order valence-electron chi connectivity index (χ3n) is 2.91. The number of nitrogens with two attached hydrogens (primary N) is 1. The summed E-state index contributed by atoms with van der Waals surface area (Å²) < 4.78 is 28.3. The van der Waals surface area contributed by atoms with Gasteiger partial charge in [0.15, 0.2) is 5.82 Å². The van der Waals surface area contributed by atoms with Gasteiger partial charge in [0.05, 0.1) is 11.4 Å². The standard InChI is InChI=1S/C12H17N5O2S/c1-9-5-11(4-3-10(9)6-13)20(18,19)15-7-12-14-8-17(2)16-12/h3-5,8,15H,6-7,13H2,1-2H3. The summed E-state index contributed by atoms with van der Waals surface area (Å²) in [5.74, 6) is 0.423. The van der Waals surface area contributed by atoms with E-state index in [2.05, 4.69) is 14.8 Å². The minimum absolute atomic E-state index is 0.0564. The van der Waals surface area contributed by atoms with Gasteiger partial charge in [-0.3, -0.25) is 4.68 Å². The van der Waals surface area contributed by atoms with Crippen LogP contribution >= 0.6 is 0 Å². The number of rotatable bonds is 5. The van der Waals surface area contributed by atoms with Crippen molar-refractivity contribution in [3.63, 3.8) is 0 Å². The van der Waals surface area contributed by atoms with Gasteiger partial charge in [-0.1, -0.05) is 6.07 Å². The van der Waals surface area contributed by atoms with E-state index in [9.17, 15) is 8.42 Å². The summed E-state index contributed by atoms with van der Waals surface area (Å²) in [4.78, 5) is 4.18. The lowest BCUT2D eigenvalue weighted by atomic mass is 10.1. The van der Waals surface area contributed by atoms with Crippen LogP contribution in [0, 0.1) is 6.92 Å². The van der Waals surface area contributed by atoms with Gasteiger partial charge >= 0.3 is 0 Å². The van der Waals surface area contributed by atoms with Gasteiger partial charge < -0.3 is 5.73 Å². The Hall–Kier alpha value is -1.77. The van der Waals surface area contributed by atoms with Gasteiger partial charge in [0.1, 0.15) is 6.33 Å². The first-order valence-electron chi connectivity index (χ1n) is 6.06. The summed E-state index contributed by atoms with van der Waals surface area (Å²) in [7, 11) is -1.85. The van der Waals surface area contributed by atoms with E-state index in [1.807, 2.05) is 6.92 Å². The lowest BCUT2D eigenvalue weighted by Gasteiger charge is -2.08.